The van der Waals surface area contributed by atoms with Gasteiger partial charge in [-0.05, 0) is 45.4 Å². The van der Waals surface area contributed by atoms with Gasteiger partial charge in [-0.3, -0.25) is 4.90 Å². The van der Waals surface area contributed by atoms with Crippen molar-refractivity contribution in [1.82, 2.24) is 14.9 Å². The maximum atomic E-state index is 4.50. The zero-order valence-corrected chi connectivity index (χ0v) is 11.8. The summed E-state index contributed by atoms with van der Waals surface area (Å²) >= 11 is 1.90. The summed E-state index contributed by atoms with van der Waals surface area (Å²) in [6.45, 7) is 6.48. The average molecular weight is 261 g/mol. The Morgan fingerprint density at radius 2 is 2.33 bits per heavy atom. The molecule has 3 nitrogen and oxygen atoms in total. The summed E-state index contributed by atoms with van der Waals surface area (Å²) in [7, 11) is 0. The van der Waals surface area contributed by atoms with Gasteiger partial charge in [-0.25, -0.2) is 4.98 Å². The van der Waals surface area contributed by atoms with Gasteiger partial charge in [-0.2, -0.15) is 0 Å². The number of hydrogen-bond donors (Lipinski definition) is 1. The summed E-state index contributed by atoms with van der Waals surface area (Å²) < 4.78 is 0. The van der Waals surface area contributed by atoms with Crippen LogP contribution in [-0.4, -0.2) is 21.4 Å². The number of rotatable bonds is 3. The molecule has 0 bridgehead atoms. The number of H-pyrrole nitrogens is 1. The molecule has 0 aliphatic carbocycles. The molecule has 3 rings (SSSR count). The van der Waals surface area contributed by atoms with E-state index in [-0.39, 0.29) is 0 Å². The van der Waals surface area contributed by atoms with Crippen LogP contribution in [0.25, 0.3) is 0 Å². The monoisotopic (exact) mass is 261 g/mol. The molecule has 0 spiro atoms. The minimum absolute atomic E-state index is 0.473. The van der Waals surface area contributed by atoms with Crippen molar-refractivity contribution in [3.63, 3.8) is 0 Å². The first-order valence-corrected chi connectivity index (χ1v) is 7.35. The third kappa shape index (κ3) is 2.35. The van der Waals surface area contributed by atoms with Crippen molar-refractivity contribution in [3.8, 4) is 0 Å². The Balaban J connectivity index is 1.75. The highest BCUT2D eigenvalue weighted by atomic mass is 32.1. The van der Waals surface area contributed by atoms with Crippen LogP contribution in [0.1, 0.15) is 40.2 Å². The third-order valence-corrected chi connectivity index (χ3v) is 4.54. The van der Waals surface area contributed by atoms with E-state index >= 15 is 0 Å². The zero-order valence-electron chi connectivity index (χ0n) is 10.9. The van der Waals surface area contributed by atoms with E-state index in [0.29, 0.717) is 6.04 Å². The second-order valence-electron chi connectivity index (χ2n) is 5.09. The van der Waals surface area contributed by atoms with E-state index in [0.717, 1.165) is 18.1 Å². The molecule has 18 heavy (non-hydrogen) atoms. The van der Waals surface area contributed by atoms with E-state index in [1.807, 2.05) is 17.5 Å². The molecule has 1 N–H and O–H groups in total. The van der Waals surface area contributed by atoms with E-state index in [1.165, 1.54) is 29.1 Å². The van der Waals surface area contributed by atoms with Gasteiger partial charge in [0.1, 0.15) is 5.82 Å². The molecule has 0 radical (unpaired) electrons. The lowest BCUT2D eigenvalue weighted by Crippen LogP contribution is -2.23. The second-order valence-corrected chi connectivity index (χ2v) is 6.46. The van der Waals surface area contributed by atoms with Crippen molar-refractivity contribution in [2.75, 3.05) is 6.54 Å². The molecule has 1 saturated heterocycles. The van der Waals surface area contributed by atoms with E-state index in [9.17, 15) is 0 Å². The minimum Gasteiger partial charge on any atom is -0.345 e. The van der Waals surface area contributed by atoms with Crippen LogP contribution in [-0.2, 0) is 6.54 Å². The Morgan fingerprint density at radius 3 is 3.00 bits per heavy atom. The molecule has 1 aliphatic rings. The van der Waals surface area contributed by atoms with Gasteiger partial charge in [0.15, 0.2) is 0 Å². The fourth-order valence-corrected chi connectivity index (χ4v) is 3.61. The standard InChI is InChI=1S/C14H19N3S/c1-10-8-15-14(16-10)13-4-3-7-17(13)9-12-6-5-11(2)18-12/h5-6,8,13H,3-4,7,9H2,1-2H3,(H,15,16)/t13-/m1/s1. The third-order valence-electron chi connectivity index (χ3n) is 3.56. The summed E-state index contributed by atoms with van der Waals surface area (Å²) in [4.78, 5) is 13.3. The van der Waals surface area contributed by atoms with Crippen LogP contribution in [0.2, 0.25) is 0 Å². The highest BCUT2D eigenvalue weighted by molar-refractivity contribution is 7.11. The van der Waals surface area contributed by atoms with Crippen LogP contribution in [0, 0.1) is 13.8 Å². The van der Waals surface area contributed by atoms with Gasteiger partial charge < -0.3 is 4.98 Å². The molecule has 0 unspecified atom stereocenters. The second kappa shape index (κ2) is 4.86. The van der Waals surface area contributed by atoms with Crippen LogP contribution in [0.15, 0.2) is 18.3 Å². The topological polar surface area (TPSA) is 31.9 Å². The number of hydrogen-bond acceptors (Lipinski definition) is 3. The quantitative estimate of drug-likeness (QED) is 0.918. The van der Waals surface area contributed by atoms with Crippen molar-refractivity contribution in [1.29, 1.82) is 0 Å². The van der Waals surface area contributed by atoms with E-state index in [1.54, 1.807) is 0 Å². The minimum atomic E-state index is 0.473. The van der Waals surface area contributed by atoms with Gasteiger partial charge in [0.05, 0.1) is 6.04 Å². The fraction of sp³-hybridized carbons (Fsp3) is 0.500. The lowest BCUT2D eigenvalue weighted by molar-refractivity contribution is 0.243. The number of aromatic amines is 1. The molecular weight excluding hydrogens is 242 g/mol. The maximum absolute atomic E-state index is 4.50. The SMILES string of the molecule is Cc1cnc([C@H]2CCCN2Cc2ccc(C)s2)[nH]1. The number of nitrogens with zero attached hydrogens (tertiary/aromatic N) is 2. The average Bonchev–Trinajstić information content (AvgIpc) is 3.01. The van der Waals surface area contributed by atoms with Crippen molar-refractivity contribution >= 4 is 11.3 Å². The molecular formula is C14H19N3S. The molecule has 0 aromatic carbocycles. The van der Waals surface area contributed by atoms with Gasteiger partial charge in [-0.1, -0.05) is 0 Å². The lowest BCUT2D eigenvalue weighted by atomic mass is 10.2. The fourth-order valence-electron chi connectivity index (χ4n) is 2.70. The van der Waals surface area contributed by atoms with Crippen molar-refractivity contribution < 1.29 is 0 Å². The Bertz CT molecular complexity index is 529. The molecule has 0 amide bonds. The van der Waals surface area contributed by atoms with Crippen LogP contribution < -0.4 is 0 Å². The number of thiophene rings is 1. The number of imidazole rings is 1. The molecule has 96 valence electrons. The van der Waals surface area contributed by atoms with E-state index in [4.69, 9.17) is 0 Å². The molecule has 1 fully saturated rings. The number of aryl methyl sites for hydroxylation is 2. The molecule has 0 saturated carbocycles. The Hall–Kier alpha value is -1.13. The molecule has 1 aliphatic heterocycles. The predicted octanol–water partition coefficient (Wildman–Crippen LogP) is 3.43. The maximum Gasteiger partial charge on any atom is 0.123 e. The first-order chi connectivity index (χ1) is 8.72. The molecule has 3 heterocycles. The number of aromatic nitrogens is 2. The van der Waals surface area contributed by atoms with Gasteiger partial charge in [0, 0.05) is 28.2 Å². The molecule has 1 atom stereocenters. The Labute approximate surface area is 112 Å². The van der Waals surface area contributed by atoms with E-state index in [2.05, 4.69) is 40.8 Å². The number of likely N-dealkylation sites (tertiary alicyclic amines) is 1. The van der Waals surface area contributed by atoms with Crippen LogP contribution in [0.5, 0.6) is 0 Å². The normalized spacial score (nSPS) is 20.7. The van der Waals surface area contributed by atoms with Crippen molar-refractivity contribution in [2.24, 2.45) is 0 Å². The Kier molecular flexibility index (Phi) is 3.22. The van der Waals surface area contributed by atoms with Crippen molar-refractivity contribution in [3.05, 3.63) is 39.6 Å². The summed E-state index contributed by atoms with van der Waals surface area (Å²) in [5.41, 5.74) is 1.16. The van der Waals surface area contributed by atoms with Crippen LogP contribution in [0.4, 0.5) is 0 Å². The summed E-state index contributed by atoms with van der Waals surface area (Å²) in [6.07, 6.45) is 4.42. The highest BCUT2D eigenvalue weighted by Gasteiger charge is 2.28. The van der Waals surface area contributed by atoms with Gasteiger partial charge >= 0.3 is 0 Å². The number of nitrogens with one attached hydrogen (secondary N) is 1. The smallest absolute Gasteiger partial charge is 0.123 e. The molecule has 2 aromatic rings. The lowest BCUT2D eigenvalue weighted by Gasteiger charge is -2.22. The van der Waals surface area contributed by atoms with Gasteiger partial charge in [0.2, 0.25) is 0 Å². The summed E-state index contributed by atoms with van der Waals surface area (Å²) in [6, 6.07) is 4.94. The summed E-state index contributed by atoms with van der Waals surface area (Å²) in [5, 5.41) is 0. The van der Waals surface area contributed by atoms with Crippen molar-refractivity contribution in [2.45, 2.75) is 39.3 Å². The van der Waals surface area contributed by atoms with E-state index < -0.39 is 0 Å². The first-order valence-electron chi connectivity index (χ1n) is 6.53. The largest absolute Gasteiger partial charge is 0.345 e. The predicted molar refractivity (Wildman–Crippen MR) is 74.8 cm³/mol. The summed E-state index contributed by atoms with van der Waals surface area (Å²) in [5.74, 6) is 1.14. The molecule has 2 aromatic heterocycles. The highest BCUT2D eigenvalue weighted by Crippen LogP contribution is 2.32. The van der Waals surface area contributed by atoms with Gasteiger partial charge in [0.25, 0.3) is 0 Å². The van der Waals surface area contributed by atoms with Gasteiger partial charge in [-0.15, -0.1) is 11.3 Å². The Morgan fingerprint density at radius 1 is 1.44 bits per heavy atom. The zero-order chi connectivity index (χ0) is 12.5. The van der Waals surface area contributed by atoms with Crippen LogP contribution in [0.3, 0.4) is 0 Å². The first kappa shape index (κ1) is 11.9. The molecule has 4 heteroatoms. The van der Waals surface area contributed by atoms with Crippen LogP contribution >= 0.6 is 11.3 Å².